The number of aryl methyl sites for hydroxylation is 1. The summed E-state index contributed by atoms with van der Waals surface area (Å²) in [6.07, 6.45) is 2.04. The molecular formula is C8H10BNO2. The Kier molecular flexibility index (Phi) is 2.48. The fourth-order valence-electron chi connectivity index (χ4n) is 0.926. The molecule has 0 aromatic carbocycles. The third-order valence-corrected chi connectivity index (χ3v) is 1.75. The average molecular weight is 163 g/mol. The average Bonchev–Trinajstić information content (AvgIpc) is 2.08. The van der Waals surface area contributed by atoms with Gasteiger partial charge in [0.05, 0.1) is 0 Å². The van der Waals surface area contributed by atoms with Crippen LogP contribution in [-0.2, 0) is 7.05 Å². The molecule has 62 valence electrons. The number of aromatic nitrogens is 1. The van der Waals surface area contributed by atoms with Gasteiger partial charge in [-0.15, -0.1) is 0 Å². The lowest BCUT2D eigenvalue weighted by atomic mass is 9.96. The zero-order valence-corrected chi connectivity index (χ0v) is 7.20. The van der Waals surface area contributed by atoms with Gasteiger partial charge in [0.25, 0.3) is 5.56 Å². The van der Waals surface area contributed by atoms with E-state index in [-0.39, 0.29) is 11.3 Å². The lowest BCUT2D eigenvalue weighted by molar-refractivity contribution is 0.101. The van der Waals surface area contributed by atoms with Crippen LogP contribution in [0.25, 0.3) is 0 Å². The number of nitrogens with zero attached hydrogens (tertiary/aromatic N) is 1. The van der Waals surface area contributed by atoms with Gasteiger partial charge in [-0.1, -0.05) is 0 Å². The molecule has 12 heavy (non-hydrogen) atoms. The zero-order valence-electron chi connectivity index (χ0n) is 7.20. The Morgan fingerprint density at radius 3 is 2.83 bits per heavy atom. The molecule has 0 N–H and O–H groups in total. The van der Waals surface area contributed by atoms with Crippen molar-refractivity contribution in [1.82, 2.24) is 4.57 Å². The van der Waals surface area contributed by atoms with Gasteiger partial charge in [0.1, 0.15) is 7.85 Å². The van der Waals surface area contributed by atoms with Crippen LogP contribution < -0.4 is 5.56 Å². The molecule has 0 saturated heterocycles. The predicted octanol–water partition coefficient (Wildman–Crippen LogP) is -0.381. The van der Waals surface area contributed by atoms with Crippen molar-refractivity contribution in [2.75, 3.05) is 0 Å². The molecule has 0 atom stereocenters. The highest BCUT2D eigenvalue weighted by Gasteiger charge is 2.02. The van der Waals surface area contributed by atoms with Crippen LogP contribution in [0.3, 0.4) is 0 Å². The van der Waals surface area contributed by atoms with Crippen molar-refractivity contribution in [2.45, 2.75) is 6.32 Å². The highest BCUT2D eigenvalue weighted by atomic mass is 16.1. The number of carbonyl (C=O) groups excluding carboxylic acids is 1. The van der Waals surface area contributed by atoms with Crippen molar-refractivity contribution in [3.8, 4) is 0 Å². The molecule has 3 nitrogen and oxygen atoms in total. The van der Waals surface area contributed by atoms with E-state index in [1.165, 1.54) is 10.6 Å². The molecule has 1 aromatic rings. The number of carbonyl (C=O) groups is 1. The lowest BCUT2D eigenvalue weighted by Gasteiger charge is -1.98. The summed E-state index contributed by atoms with van der Waals surface area (Å²) in [6.45, 7) is 0. The fourth-order valence-corrected chi connectivity index (χ4v) is 0.926. The minimum Gasteiger partial charge on any atom is -0.319 e. The van der Waals surface area contributed by atoms with Crippen molar-refractivity contribution >= 4 is 13.6 Å². The van der Waals surface area contributed by atoms with Crippen LogP contribution in [0.1, 0.15) is 10.4 Å². The first-order valence-electron chi connectivity index (χ1n) is 3.85. The third kappa shape index (κ3) is 1.64. The molecule has 0 amide bonds. The summed E-state index contributed by atoms with van der Waals surface area (Å²) >= 11 is 0. The molecule has 0 saturated carbocycles. The van der Waals surface area contributed by atoms with E-state index in [0.717, 1.165) is 0 Å². The van der Waals surface area contributed by atoms with Crippen molar-refractivity contribution < 1.29 is 4.79 Å². The number of hydrogen-bond acceptors (Lipinski definition) is 2. The number of pyridine rings is 1. The lowest BCUT2D eigenvalue weighted by Crippen LogP contribution is -2.16. The minimum absolute atomic E-state index is 0.00713. The summed E-state index contributed by atoms with van der Waals surface area (Å²) in [7, 11) is 3.43. The van der Waals surface area contributed by atoms with Crippen LogP contribution in [0.15, 0.2) is 23.1 Å². The van der Waals surface area contributed by atoms with Crippen molar-refractivity contribution in [2.24, 2.45) is 7.05 Å². The number of hydrogen-bond donors (Lipinski definition) is 0. The Morgan fingerprint density at radius 2 is 2.33 bits per heavy atom. The minimum atomic E-state index is -0.144. The number of Topliss-reactive ketones (excluding diaryl/α,β-unsaturated/α-hetero) is 1. The predicted molar refractivity (Wildman–Crippen MR) is 49.4 cm³/mol. The van der Waals surface area contributed by atoms with Gasteiger partial charge < -0.3 is 4.57 Å². The Morgan fingerprint density at radius 1 is 1.67 bits per heavy atom. The first-order valence-corrected chi connectivity index (χ1v) is 3.85. The summed E-state index contributed by atoms with van der Waals surface area (Å²) in [4.78, 5) is 22.2. The highest BCUT2D eigenvalue weighted by Crippen LogP contribution is 1.97. The van der Waals surface area contributed by atoms with Crippen molar-refractivity contribution in [3.63, 3.8) is 0 Å². The Balaban J connectivity index is 3.13. The molecule has 1 aromatic heterocycles. The molecule has 4 heteroatoms. The van der Waals surface area contributed by atoms with Crippen molar-refractivity contribution in [3.05, 3.63) is 34.2 Å². The maximum atomic E-state index is 11.1. The Labute approximate surface area is 71.4 Å². The fraction of sp³-hybridized carbons (Fsp3) is 0.250. The van der Waals surface area contributed by atoms with Crippen LogP contribution in [0.2, 0.25) is 6.32 Å². The third-order valence-electron chi connectivity index (χ3n) is 1.75. The van der Waals surface area contributed by atoms with Gasteiger partial charge in [-0.05, 0) is 12.4 Å². The summed E-state index contributed by atoms with van der Waals surface area (Å²) < 4.78 is 1.44. The van der Waals surface area contributed by atoms with Crippen LogP contribution in [0.5, 0.6) is 0 Å². The quantitative estimate of drug-likeness (QED) is 0.440. The molecule has 1 heterocycles. The first kappa shape index (κ1) is 8.78. The Bertz CT molecular complexity index is 356. The maximum Gasteiger partial charge on any atom is 0.250 e. The van der Waals surface area contributed by atoms with Crippen LogP contribution in [0.4, 0.5) is 0 Å². The molecule has 0 bridgehead atoms. The second-order valence-corrected chi connectivity index (χ2v) is 2.64. The van der Waals surface area contributed by atoms with E-state index < -0.39 is 0 Å². The molecule has 0 radical (unpaired) electrons. The first-order chi connectivity index (χ1) is 5.65. The molecule has 1 rings (SSSR count). The standard InChI is InChI=1S/C8H10BNO2/c1-10-3-2-6(4-8(10)12)7(11)5-9/h2-4H,5,9H2,1H3. The normalized spacial score (nSPS) is 9.75. The molecule has 0 aliphatic carbocycles. The van der Waals surface area contributed by atoms with E-state index >= 15 is 0 Å². The summed E-state index contributed by atoms with van der Waals surface area (Å²) in [5, 5.41) is 0. The van der Waals surface area contributed by atoms with E-state index in [1.807, 2.05) is 0 Å². The van der Waals surface area contributed by atoms with Gasteiger partial charge in [0, 0.05) is 24.9 Å². The van der Waals surface area contributed by atoms with Crippen LogP contribution >= 0.6 is 0 Å². The van der Waals surface area contributed by atoms with E-state index in [1.54, 1.807) is 27.2 Å². The molecule has 0 unspecified atom stereocenters. The summed E-state index contributed by atoms with van der Waals surface area (Å²) in [5.74, 6) is 0.00713. The number of rotatable bonds is 2. The van der Waals surface area contributed by atoms with Gasteiger partial charge >= 0.3 is 0 Å². The van der Waals surface area contributed by atoms with Gasteiger partial charge in [-0.3, -0.25) is 9.59 Å². The molecule has 0 fully saturated rings. The van der Waals surface area contributed by atoms with Gasteiger partial charge in [0.2, 0.25) is 0 Å². The SMILES string of the molecule is BCC(=O)c1ccn(C)c(=O)c1. The topological polar surface area (TPSA) is 39.1 Å². The van der Waals surface area contributed by atoms with E-state index in [0.29, 0.717) is 11.9 Å². The van der Waals surface area contributed by atoms with Gasteiger partial charge in [0.15, 0.2) is 5.78 Å². The van der Waals surface area contributed by atoms with Crippen LogP contribution in [-0.4, -0.2) is 18.2 Å². The highest BCUT2D eigenvalue weighted by molar-refractivity contribution is 6.23. The summed E-state index contributed by atoms with van der Waals surface area (Å²) in [5.41, 5.74) is 0.356. The monoisotopic (exact) mass is 163 g/mol. The smallest absolute Gasteiger partial charge is 0.250 e. The second kappa shape index (κ2) is 3.39. The largest absolute Gasteiger partial charge is 0.319 e. The van der Waals surface area contributed by atoms with E-state index in [2.05, 4.69) is 0 Å². The summed E-state index contributed by atoms with van der Waals surface area (Å²) in [6, 6.07) is 3.03. The molecule has 0 aliphatic heterocycles. The molecule has 0 spiro atoms. The second-order valence-electron chi connectivity index (χ2n) is 2.64. The van der Waals surface area contributed by atoms with Crippen molar-refractivity contribution in [1.29, 1.82) is 0 Å². The molecular weight excluding hydrogens is 153 g/mol. The van der Waals surface area contributed by atoms with Gasteiger partial charge in [-0.2, -0.15) is 0 Å². The van der Waals surface area contributed by atoms with Crippen LogP contribution in [0, 0.1) is 0 Å². The zero-order chi connectivity index (χ0) is 9.14. The van der Waals surface area contributed by atoms with E-state index in [9.17, 15) is 9.59 Å². The molecule has 0 aliphatic rings. The van der Waals surface area contributed by atoms with E-state index in [4.69, 9.17) is 0 Å². The number of ketones is 1. The Hall–Kier alpha value is -1.32. The van der Waals surface area contributed by atoms with Gasteiger partial charge in [-0.25, -0.2) is 0 Å². The maximum absolute atomic E-state index is 11.1.